The number of carbonyl (C=O) groups is 1. The van der Waals surface area contributed by atoms with Crippen molar-refractivity contribution in [3.8, 4) is 11.4 Å². The first-order valence-electron chi connectivity index (χ1n) is 9.55. The maximum Gasteiger partial charge on any atom is 0.416 e. The van der Waals surface area contributed by atoms with E-state index in [-0.39, 0.29) is 23.2 Å². The third-order valence-electron chi connectivity index (χ3n) is 4.77. The van der Waals surface area contributed by atoms with Crippen molar-refractivity contribution >= 4 is 39.0 Å². The van der Waals surface area contributed by atoms with Crippen molar-refractivity contribution in [1.82, 2.24) is 9.97 Å². The molecule has 0 fully saturated rings. The maximum atomic E-state index is 13.2. The second kappa shape index (κ2) is 8.56. The van der Waals surface area contributed by atoms with E-state index in [4.69, 9.17) is 5.73 Å². The number of aromatic nitrogens is 2. The van der Waals surface area contributed by atoms with Gasteiger partial charge in [0, 0.05) is 21.3 Å². The molecular formula is C23H13F6N3OS. The first-order valence-corrected chi connectivity index (χ1v) is 10.4. The Morgan fingerprint density at radius 3 is 2.15 bits per heavy atom. The zero-order valence-electron chi connectivity index (χ0n) is 16.9. The molecule has 11 heteroatoms. The molecule has 174 valence electrons. The van der Waals surface area contributed by atoms with E-state index in [0.29, 0.717) is 17.0 Å². The molecule has 1 amide bonds. The number of fused-ring (bicyclic) bond motifs is 1. The highest BCUT2D eigenvalue weighted by Crippen LogP contribution is 2.38. The predicted octanol–water partition coefficient (Wildman–Crippen LogP) is 6.42. The summed E-state index contributed by atoms with van der Waals surface area (Å²) in [5.74, 6) is -1.14. The molecule has 0 bridgehead atoms. The molecule has 2 aromatic heterocycles. The van der Waals surface area contributed by atoms with Crippen molar-refractivity contribution in [2.75, 3.05) is 0 Å². The van der Waals surface area contributed by atoms with Crippen LogP contribution in [0.3, 0.4) is 0 Å². The summed E-state index contributed by atoms with van der Waals surface area (Å²) in [6.45, 7) is 0. The predicted molar refractivity (Wildman–Crippen MR) is 116 cm³/mol. The topological polar surface area (TPSA) is 68.9 Å². The number of thiophene rings is 1. The number of nitrogens with two attached hydrogens (primary N) is 1. The summed E-state index contributed by atoms with van der Waals surface area (Å²) in [4.78, 5) is 20.5. The minimum absolute atomic E-state index is 0.0277. The Labute approximate surface area is 192 Å². The number of rotatable bonds is 4. The first kappa shape index (κ1) is 23.4. The van der Waals surface area contributed by atoms with Gasteiger partial charge in [-0.2, -0.15) is 26.3 Å². The quantitative estimate of drug-likeness (QED) is 0.263. The maximum absolute atomic E-state index is 13.2. The zero-order chi connectivity index (χ0) is 24.7. The number of hydrogen-bond donors (Lipinski definition) is 1. The summed E-state index contributed by atoms with van der Waals surface area (Å²) in [6, 6.07) is 11.6. The third-order valence-corrected chi connectivity index (χ3v) is 5.92. The second-order valence-electron chi connectivity index (χ2n) is 7.17. The number of alkyl halides is 6. The normalized spacial score (nSPS) is 12.8. The lowest BCUT2D eigenvalue weighted by Gasteiger charge is -2.13. The molecule has 0 aliphatic rings. The number of carbonyl (C=O) groups excluding carboxylic acids is 1. The molecule has 0 saturated heterocycles. The Kier molecular flexibility index (Phi) is 5.90. The minimum Gasteiger partial charge on any atom is -0.366 e. The molecule has 4 aromatic rings. The fraction of sp³-hybridized carbons (Fsp3) is 0.0870. The lowest BCUT2D eigenvalue weighted by atomic mass is 10.0. The van der Waals surface area contributed by atoms with Gasteiger partial charge >= 0.3 is 12.4 Å². The molecule has 4 nitrogen and oxygen atoms in total. The van der Waals surface area contributed by atoms with Gasteiger partial charge in [0.15, 0.2) is 5.82 Å². The van der Waals surface area contributed by atoms with Crippen molar-refractivity contribution < 1.29 is 31.1 Å². The van der Waals surface area contributed by atoms with Crippen molar-refractivity contribution in [1.29, 1.82) is 0 Å². The Morgan fingerprint density at radius 1 is 0.912 bits per heavy atom. The molecule has 4 rings (SSSR count). The summed E-state index contributed by atoms with van der Waals surface area (Å²) in [5, 5.41) is 0.877. The number of amides is 1. The highest BCUT2D eigenvalue weighted by atomic mass is 32.1. The lowest BCUT2D eigenvalue weighted by molar-refractivity contribution is -0.143. The highest BCUT2D eigenvalue weighted by molar-refractivity contribution is 7.20. The van der Waals surface area contributed by atoms with Gasteiger partial charge in [0.25, 0.3) is 0 Å². The minimum atomic E-state index is -5.01. The van der Waals surface area contributed by atoms with Crippen molar-refractivity contribution in [2.45, 2.75) is 12.4 Å². The van der Waals surface area contributed by atoms with E-state index in [2.05, 4.69) is 9.97 Å². The Morgan fingerprint density at radius 2 is 1.56 bits per heavy atom. The number of primary amides is 1. The summed E-state index contributed by atoms with van der Waals surface area (Å²) in [6.07, 6.45) is -7.52. The van der Waals surface area contributed by atoms with Gasteiger partial charge in [-0.3, -0.25) is 4.79 Å². The summed E-state index contributed by atoms with van der Waals surface area (Å²) < 4.78 is 80.1. The van der Waals surface area contributed by atoms with Crippen LogP contribution in [0, 0.1) is 0 Å². The molecule has 0 radical (unpaired) electrons. The van der Waals surface area contributed by atoms with Gasteiger partial charge in [0.2, 0.25) is 5.91 Å². The van der Waals surface area contributed by atoms with Gasteiger partial charge in [0.05, 0.1) is 22.4 Å². The van der Waals surface area contributed by atoms with Gasteiger partial charge < -0.3 is 5.73 Å². The molecule has 0 unspecified atom stereocenters. The van der Waals surface area contributed by atoms with E-state index in [1.165, 1.54) is 29.7 Å². The van der Waals surface area contributed by atoms with E-state index in [1.807, 2.05) is 24.3 Å². The zero-order valence-corrected chi connectivity index (χ0v) is 17.7. The van der Waals surface area contributed by atoms with Crippen LogP contribution in [-0.2, 0) is 17.1 Å². The van der Waals surface area contributed by atoms with E-state index in [0.717, 1.165) is 10.1 Å². The molecule has 0 spiro atoms. The van der Waals surface area contributed by atoms with Crippen LogP contribution < -0.4 is 5.73 Å². The molecule has 2 heterocycles. The summed E-state index contributed by atoms with van der Waals surface area (Å²) in [5.41, 5.74) is 2.27. The average Bonchev–Trinajstić information content (AvgIpc) is 3.20. The third kappa shape index (κ3) is 4.93. The molecule has 0 atom stereocenters. The SMILES string of the molecule is NC(=O)/C(=C/c1ccnc(-c2cc(C(F)(F)F)cc(C(F)(F)F)c2)n1)c1cc2ccccc2s1. The van der Waals surface area contributed by atoms with Crippen LogP contribution in [0.5, 0.6) is 0 Å². The highest BCUT2D eigenvalue weighted by Gasteiger charge is 2.37. The van der Waals surface area contributed by atoms with Gasteiger partial charge in [-0.15, -0.1) is 11.3 Å². The van der Waals surface area contributed by atoms with Gasteiger partial charge in [-0.1, -0.05) is 18.2 Å². The number of nitrogens with zero attached hydrogens (tertiary/aromatic N) is 2. The van der Waals surface area contributed by atoms with Gasteiger partial charge in [-0.05, 0) is 47.9 Å². The summed E-state index contributed by atoms with van der Waals surface area (Å²) >= 11 is 1.30. The molecule has 34 heavy (non-hydrogen) atoms. The smallest absolute Gasteiger partial charge is 0.366 e. The Balaban J connectivity index is 1.81. The van der Waals surface area contributed by atoms with Crippen LogP contribution in [0.25, 0.3) is 33.1 Å². The molecule has 0 aliphatic carbocycles. The van der Waals surface area contributed by atoms with Crippen LogP contribution in [0.4, 0.5) is 26.3 Å². The van der Waals surface area contributed by atoms with Gasteiger partial charge in [0.1, 0.15) is 0 Å². The lowest BCUT2D eigenvalue weighted by Crippen LogP contribution is -2.12. The number of hydrogen-bond acceptors (Lipinski definition) is 4. The molecule has 2 aromatic carbocycles. The average molecular weight is 493 g/mol. The molecule has 2 N–H and O–H groups in total. The van der Waals surface area contributed by atoms with Crippen molar-refractivity contribution in [2.24, 2.45) is 5.73 Å². The van der Waals surface area contributed by atoms with Crippen LogP contribution in [0.15, 0.2) is 60.8 Å². The molecule has 0 saturated carbocycles. The second-order valence-corrected chi connectivity index (χ2v) is 8.25. The van der Waals surface area contributed by atoms with E-state index < -0.39 is 35.0 Å². The van der Waals surface area contributed by atoms with E-state index in [9.17, 15) is 31.1 Å². The fourth-order valence-corrected chi connectivity index (χ4v) is 4.29. The number of halogens is 6. The van der Waals surface area contributed by atoms with Crippen LogP contribution >= 0.6 is 11.3 Å². The Bertz CT molecular complexity index is 1360. The largest absolute Gasteiger partial charge is 0.416 e. The monoisotopic (exact) mass is 493 g/mol. The standard InChI is InChI=1S/C23H13F6N3OS/c24-22(25,26)14-7-13(8-15(10-14)23(27,28)29)21-31-6-5-16(32-21)11-17(20(30)33)19-9-12-3-1-2-4-18(12)34-19/h1-11H,(H2,30,33)/b17-11+. The van der Waals surface area contributed by atoms with Crippen molar-refractivity contribution in [3.05, 3.63) is 82.5 Å². The van der Waals surface area contributed by atoms with Crippen LogP contribution in [-0.4, -0.2) is 15.9 Å². The molecule has 0 aliphatic heterocycles. The van der Waals surface area contributed by atoms with E-state index >= 15 is 0 Å². The fourth-order valence-electron chi connectivity index (χ4n) is 3.20. The summed E-state index contributed by atoms with van der Waals surface area (Å²) in [7, 11) is 0. The van der Waals surface area contributed by atoms with Crippen LogP contribution in [0.1, 0.15) is 21.7 Å². The molecular weight excluding hydrogens is 480 g/mol. The van der Waals surface area contributed by atoms with E-state index in [1.54, 1.807) is 6.07 Å². The first-order chi connectivity index (χ1) is 15.9. The number of benzene rings is 2. The van der Waals surface area contributed by atoms with Crippen LogP contribution in [0.2, 0.25) is 0 Å². The van der Waals surface area contributed by atoms with Gasteiger partial charge in [-0.25, -0.2) is 9.97 Å². The van der Waals surface area contributed by atoms with Crippen molar-refractivity contribution in [3.63, 3.8) is 0 Å². The Hall–Kier alpha value is -3.73.